The summed E-state index contributed by atoms with van der Waals surface area (Å²) in [6.45, 7) is 0.597. The summed E-state index contributed by atoms with van der Waals surface area (Å²) in [6.07, 6.45) is 4.25. The molecule has 4 nitrogen and oxygen atoms in total. The lowest BCUT2D eigenvalue weighted by Crippen LogP contribution is -2.29. The van der Waals surface area contributed by atoms with Crippen molar-refractivity contribution in [2.45, 2.75) is 18.8 Å². The Labute approximate surface area is 161 Å². The normalized spacial score (nSPS) is 14.8. The summed E-state index contributed by atoms with van der Waals surface area (Å²) in [6, 6.07) is 12.9. The van der Waals surface area contributed by atoms with E-state index in [9.17, 15) is 4.79 Å². The molecule has 132 valence electrons. The van der Waals surface area contributed by atoms with Gasteiger partial charge in [0.05, 0.1) is 10.7 Å². The van der Waals surface area contributed by atoms with Crippen molar-refractivity contribution >= 4 is 28.8 Å². The van der Waals surface area contributed by atoms with Crippen LogP contribution < -0.4 is 5.32 Å². The molecule has 0 unspecified atom stereocenters. The highest BCUT2D eigenvalue weighted by molar-refractivity contribution is 7.09. The topological polar surface area (TPSA) is 54.9 Å². The maximum absolute atomic E-state index is 12.6. The highest BCUT2D eigenvalue weighted by Crippen LogP contribution is 2.42. The summed E-state index contributed by atoms with van der Waals surface area (Å²) in [5.41, 5.74) is 2.04. The first-order valence-corrected chi connectivity index (χ1v) is 9.87. The molecule has 4 rings (SSSR count). The van der Waals surface area contributed by atoms with Crippen LogP contribution in [0.25, 0.3) is 11.3 Å². The van der Waals surface area contributed by atoms with E-state index in [2.05, 4.69) is 15.3 Å². The van der Waals surface area contributed by atoms with E-state index in [-0.39, 0.29) is 5.91 Å². The standard InChI is InChI=1S/C20H18ClN3OS/c21-15-4-1-3-14(11-15)17-5-2-6-18(24-17)19(25)23-12-16(13-7-8-13)20-22-9-10-26-20/h1-6,9-11,13,16H,7-8,12H2,(H,23,25)/t16-/m1/s1. The molecule has 3 aromatic rings. The number of hydrogen-bond donors (Lipinski definition) is 1. The van der Waals surface area contributed by atoms with Crippen LogP contribution in [0.5, 0.6) is 0 Å². The molecule has 1 fully saturated rings. The molecular formula is C20H18ClN3OS. The van der Waals surface area contributed by atoms with Crippen LogP contribution in [-0.2, 0) is 0 Å². The van der Waals surface area contributed by atoms with E-state index in [1.165, 1.54) is 12.8 Å². The lowest BCUT2D eigenvalue weighted by atomic mass is 10.0. The Morgan fingerprint density at radius 2 is 2.12 bits per heavy atom. The number of hydrogen-bond acceptors (Lipinski definition) is 4. The van der Waals surface area contributed by atoms with Crippen molar-refractivity contribution in [3.63, 3.8) is 0 Å². The lowest BCUT2D eigenvalue weighted by molar-refractivity contribution is 0.0945. The molecule has 0 spiro atoms. The van der Waals surface area contributed by atoms with Crippen LogP contribution in [0.4, 0.5) is 0 Å². The molecule has 1 aromatic carbocycles. The van der Waals surface area contributed by atoms with Gasteiger partial charge in [-0.3, -0.25) is 4.79 Å². The predicted molar refractivity (Wildman–Crippen MR) is 105 cm³/mol. The molecule has 1 amide bonds. The van der Waals surface area contributed by atoms with E-state index in [1.54, 1.807) is 17.4 Å². The summed E-state index contributed by atoms with van der Waals surface area (Å²) < 4.78 is 0. The Hall–Kier alpha value is -2.24. The molecule has 0 saturated heterocycles. The average molecular weight is 384 g/mol. The van der Waals surface area contributed by atoms with Crippen LogP contribution >= 0.6 is 22.9 Å². The van der Waals surface area contributed by atoms with Gasteiger partial charge in [-0.05, 0) is 43.0 Å². The molecule has 1 aliphatic carbocycles. The number of pyridine rings is 1. The third-order valence-corrected chi connectivity index (χ3v) is 5.69. The van der Waals surface area contributed by atoms with Crippen molar-refractivity contribution in [1.29, 1.82) is 0 Å². The van der Waals surface area contributed by atoms with E-state index < -0.39 is 0 Å². The van der Waals surface area contributed by atoms with E-state index in [0.29, 0.717) is 29.1 Å². The maximum Gasteiger partial charge on any atom is 0.269 e. The second-order valence-electron chi connectivity index (χ2n) is 6.44. The van der Waals surface area contributed by atoms with Crippen molar-refractivity contribution in [2.75, 3.05) is 6.54 Å². The first-order chi connectivity index (χ1) is 12.7. The third-order valence-electron chi connectivity index (χ3n) is 4.54. The molecule has 2 aromatic heterocycles. The smallest absolute Gasteiger partial charge is 0.269 e. The quantitative estimate of drug-likeness (QED) is 0.666. The van der Waals surface area contributed by atoms with Gasteiger partial charge >= 0.3 is 0 Å². The van der Waals surface area contributed by atoms with Crippen molar-refractivity contribution in [3.05, 3.63) is 69.8 Å². The van der Waals surface area contributed by atoms with Crippen LogP contribution in [0, 0.1) is 5.92 Å². The van der Waals surface area contributed by atoms with Gasteiger partial charge in [0.1, 0.15) is 5.69 Å². The predicted octanol–water partition coefficient (Wildman–Crippen LogP) is 4.78. The molecular weight excluding hydrogens is 366 g/mol. The minimum absolute atomic E-state index is 0.156. The van der Waals surface area contributed by atoms with Gasteiger partial charge in [-0.2, -0.15) is 0 Å². The highest BCUT2D eigenvalue weighted by Gasteiger charge is 2.34. The van der Waals surface area contributed by atoms with Gasteiger partial charge in [-0.15, -0.1) is 11.3 Å². The largest absolute Gasteiger partial charge is 0.350 e. The maximum atomic E-state index is 12.6. The summed E-state index contributed by atoms with van der Waals surface area (Å²) in [7, 11) is 0. The second kappa shape index (κ2) is 7.56. The SMILES string of the molecule is O=C(NC[C@@H](c1nccs1)C1CC1)c1cccc(-c2cccc(Cl)c2)n1. The summed E-state index contributed by atoms with van der Waals surface area (Å²) >= 11 is 7.71. The minimum Gasteiger partial charge on any atom is -0.350 e. The zero-order chi connectivity index (χ0) is 17.9. The number of rotatable bonds is 6. The highest BCUT2D eigenvalue weighted by atomic mass is 35.5. The summed E-state index contributed by atoms with van der Waals surface area (Å²) in [5, 5.41) is 6.78. The molecule has 1 saturated carbocycles. The van der Waals surface area contributed by atoms with Crippen LogP contribution in [0.2, 0.25) is 5.02 Å². The zero-order valence-corrected chi connectivity index (χ0v) is 15.6. The lowest BCUT2D eigenvalue weighted by Gasteiger charge is -2.14. The van der Waals surface area contributed by atoms with Crippen LogP contribution in [0.15, 0.2) is 54.0 Å². The number of carbonyl (C=O) groups is 1. The number of nitrogens with zero attached hydrogens (tertiary/aromatic N) is 2. The van der Waals surface area contributed by atoms with E-state index in [4.69, 9.17) is 11.6 Å². The van der Waals surface area contributed by atoms with E-state index in [0.717, 1.165) is 16.3 Å². The Kier molecular flexibility index (Phi) is 5.00. The van der Waals surface area contributed by atoms with Crippen molar-refractivity contribution < 1.29 is 4.79 Å². The number of benzene rings is 1. The number of amides is 1. The second-order valence-corrected chi connectivity index (χ2v) is 7.81. The fourth-order valence-corrected chi connectivity index (χ4v) is 4.06. The first-order valence-electron chi connectivity index (χ1n) is 8.61. The Balaban J connectivity index is 1.47. The summed E-state index contributed by atoms with van der Waals surface area (Å²) in [5.74, 6) is 0.776. The van der Waals surface area contributed by atoms with Gasteiger partial charge in [0.25, 0.3) is 5.91 Å². The van der Waals surface area contributed by atoms with Crippen LogP contribution in [0.3, 0.4) is 0 Å². The van der Waals surface area contributed by atoms with Gasteiger partial charge in [-0.25, -0.2) is 9.97 Å². The van der Waals surface area contributed by atoms with E-state index in [1.807, 2.05) is 48.0 Å². The average Bonchev–Trinajstić information content (AvgIpc) is 3.35. The number of halogens is 1. The molecule has 0 aliphatic heterocycles. The third kappa shape index (κ3) is 3.94. The Morgan fingerprint density at radius 3 is 2.85 bits per heavy atom. The molecule has 6 heteroatoms. The zero-order valence-electron chi connectivity index (χ0n) is 14.1. The number of thiazole rings is 1. The molecule has 2 heterocycles. The van der Waals surface area contributed by atoms with Gasteiger partial charge in [-0.1, -0.05) is 29.8 Å². The van der Waals surface area contributed by atoms with Gasteiger partial charge in [0.2, 0.25) is 0 Å². The first kappa shape index (κ1) is 17.2. The van der Waals surface area contributed by atoms with Crippen LogP contribution in [-0.4, -0.2) is 22.4 Å². The van der Waals surface area contributed by atoms with Crippen molar-refractivity contribution in [2.24, 2.45) is 5.92 Å². The Bertz CT molecular complexity index is 909. The van der Waals surface area contributed by atoms with Gasteiger partial charge in [0, 0.05) is 34.6 Å². The van der Waals surface area contributed by atoms with Crippen molar-refractivity contribution in [3.8, 4) is 11.3 Å². The van der Waals surface area contributed by atoms with Crippen LogP contribution in [0.1, 0.15) is 34.3 Å². The number of aromatic nitrogens is 2. The summed E-state index contributed by atoms with van der Waals surface area (Å²) in [4.78, 5) is 21.5. The molecule has 0 bridgehead atoms. The number of nitrogens with one attached hydrogen (secondary N) is 1. The Morgan fingerprint density at radius 1 is 1.27 bits per heavy atom. The molecule has 0 radical (unpaired) electrons. The van der Waals surface area contributed by atoms with Gasteiger partial charge in [0.15, 0.2) is 0 Å². The minimum atomic E-state index is -0.156. The molecule has 1 atom stereocenters. The fourth-order valence-electron chi connectivity index (χ4n) is 3.03. The number of carbonyl (C=O) groups excluding carboxylic acids is 1. The fraction of sp³-hybridized carbons (Fsp3) is 0.250. The molecule has 26 heavy (non-hydrogen) atoms. The van der Waals surface area contributed by atoms with E-state index >= 15 is 0 Å². The molecule has 1 aliphatic rings. The van der Waals surface area contributed by atoms with Crippen molar-refractivity contribution in [1.82, 2.24) is 15.3 Å². The molecule has 1 N–H and O–H groups in total. The monoisotopic (exact) mass is 383 g/mol. The van der Waals surface area contributed by atoms with Gasteiger partial charge < -0.3 is 5.32 Å².